The highest BCUT2D eigenvalue weighted by atomic mass is 16.6. The summed E-state index contributed by atoms with van der Waals surface area (Å²) in [6, 6.07) is 9.33. The zero-order valence-electron chi connectivity index (χ0n) is 12.9. The first-order valence-corrected chi connectivity index (χ1v) is 7.05. The average Bonchev–Trinajstić information content (AvgIpc) is 2.47. The van der Waals surface area contributed by atoms with Crippen molar-refractivity contribution in [1.29, 1.82) is 0 Å². The van der Waals surface area contributed by atoms with E-state index in [0.717, 1.165) is 16.3 Å². The van der Waals surface area contributed by atoms with E-state index < -0.39 is 11.9 Å². The lowest BCUT2D eigenvalue weighted by molar-refractivity contribution is -0.134. The molecule has 0 unspecified atom stereocenters. The molecule has 0 N–H and O–H groups in total. The molecule has 0 aliphatic carbocycles. The van der Waals surface area contributed by atoms with Crippen LogP contribution >= 0.6 is 0 Å². The van der Waals surface area contributed by atoms with Gasteiger partial charge >= 0.3 is 11.9 Å². The second kappa shape index (κ2) is 6.89. The monoisotopic (exact) mass is 298 g/mol. The zero-order valence-corrected chi connectivity index (χ0v) is 12.9. The number of benzene rings is 2. The van der Waals surface area contributed by atoms with E-state index in [1.54, 1.807) is 6.07 Å². The first-order chi connectivity index (χ1) is 10.5. The topological polar surface area (TPSA) is 52.6 Å². The standard InChI is InChI=1S/C18H18O4/c1-4-5-8-14-11-17(21-12(2)19)18(22-13(3)20)16-10-7-6-9-15(14)16/h4-7,9-11H,8H2,1-3H3/b5-4+. The summed E-state index contributed by atoms with van der Waals surface area (Å²) in [7, 11) is 0. The summed E-state index contributed by atoms with van der Waals surface area (Å²) < 4.78 is 10.5. The summed E-state index contributed by atoms with van der Waals surface area (Å²) in [4.78, 5) is 22.7. The van der Waals surface area contributed by atoms with Crippen LogP contribution in [-0.4, -0.2) is 11.9 Å². The van der Waals surface area contributed by atoms with Crippen molar-refractivity contribution in [2.45, 2.75) is 27.2 Å². The molecule has 0 fully saturated rings. The van der Waals surface area contributed by atoms with Crippen molar-refractivity contribution in [2.75, 3.05) is 0 Å². The number of allylic oxidation sites excluding steroid dienone is 2. The number of carbonyl (C=O) groups excluding carboxylic acids is 2. The second-order valence-corrected chi connectivity index (χ2v) is 4.87. The number of ether oxygens (including phenoxy) is 2. The van der Waals surface area contributed by atoms with Gasteiger partial charge < -0.3 is 9.47 Å². The van der Waals surface area contributed by atoms with E-state index in [1.165, 1.54) is 13.8 Å². The van der Waals surface area contributed by atoms with Gasteiger partial charge in [-0.15, -0.1) is 0 Å². The summed E-state index contributed by atoms with van der Waals surface area (Å²) in [6.45, 7) is 4.58. The molecule has 2 rings (SSSR count). The van der Waals surface area contributed by atoms with Crippen molar-refractivity contribution in [3.8, 4) is 11.5 Å². The molecule has 2 aromatic carbocycles. The minimum Gasteiger partial charge on any atom is -0.423 e. The largest absolute Gasteiger partial charge is 0.423 e. The van der Waals surface area contributed by atoms with Crippen LogP contribution in [0.15, 0.2) is 42.5 Å². The Balaban J connectivity index is 2.71. The van der Waals surface area contributed by atoms with Crippen molar-refractivity contribution in [2.24, 2.45) is 0 Å². The highest BCUT2D eigenvalue weighted by molar-refractivity contribution is 5.96. The molecular formula is C18H18O4. The minimum atomic E-state index is -0.459. The molecule has 4 nitrogen and oxygen atoms in total. The molecule has 0 saturated carbocycles. The van der Waals surface area contributed by atoms with Gasteiger partial charge in [0.25, 0.3) is 0 Å². The maximum atomic E-state index is 11.4. The Hall–Kier alpha value is -2.62. The van der Waals surface area contributed by atoms with E-state index in [0.29, 0.717) is 6.42 Å². The first kappa shape index (κ1) is 15.8. The maximum absolute atomic E-state index is 11.4. The molecular weight excluding hydrogens is 280 g/mol. The van der Waals surface area contributed by atoms with Gasteiger partial charge in [-0.3, -0.25) is 9.59 Å². The number of fused-ring (bicyclic) bond motifs is 1. The van der Waals surface area contributed by atoms with Crippen LogP contribution in [-0.2, 0) is 16.0 Å². The van der Waals surface area contributed by atoms with Crippen LogP contribution in [0.3, 0.4) is 0 Å². The molecule has 0 spiro atoms. The van der Waals surface area contributed by atoms with Crippen LogP contribution in [0.1, 0.15) is 26.3 Å². The third-order valence-electron chi connectivity index (χ3n) is 3.12. The number of hydrogen-bond donors (Lipinski definition) is 0. The maximum Gasteiger partial charge on any atom is 0.308 e. The summed E-state index contributed by atoms with van der Waals surface area (Å²) in [6.07, 6.45) is 4.68. The number of hydrogen-bond acceptors (Lipinski definition) is 4. The number of carbonyl (C=O) groups is 2. The molecule has 0 saturated heterocycles. The van der Waals surface area contributed by atoms with Gasteiger partial charge in [0.1, 0.15) is 0 Å². The molecule has 114 valence electrons. The summed E-state index contributed by atoms with van der Waals surface area (Å²) >= 11 is 0. The third-order valence-corrected chi connectivity index (χ3v) is 3.12. The normalized spacial score (nSPS) is 10.9. The van der Waals surface area contributed by atoms with Gasteiger partial charge in [0, 0.05) is 19.2 Å². The van der Waals surface area contributed by atoms with Gasteiger partial charge in [0.2, 0.25) is 0 Å². The first-order valence-electron chi connectivity index (χ1n) is 7.05. The van der Waals surface area contributed by atoms with Gasteiger partial charge in [-0.05, 0) is 30.4 Å². The fraction of sp³-hybridized carbons (Fsp3) is 0.222. The molecule has 0 amide bonds. The van der Waals surface area contributed by atoms with E-state index in [1.807, 2.05) is 43.3 Å². The summed E-state index contributed by atoms with van der Waals surface area (Å²) in [5, 5.41) is 1.71. The van der Waals surface area contributed by atoms with E-state index in [2.05, 4.69) is 0 Å². The fourth-order valence-electron chi connectivity index (χ4n) is 2.29. The lowest BCUT2D eigenvalue weighted by atomic mass is 10.0. The summed E-state index contributed by atoms with van der Waals surface area (Å²) in [5.41, 5.74) is 1.00. The van der Waals surface area contributed by atoms with Crippen LogP contribution in [0.5, 0.6) is 11.5 Å². The molecule has 0 aliphatic heterocycles. The lowest BCUT2D eigenvalue weighted by Gasteiger charge is -2.14. The molecule has 0 atom stereocenters. The zero-order chi connectivity index (χ0) is 16.1. The van der Waals surface area contributed by atoms with Gasteiger partial charge in [0.15, 0.2) is 11.5 Å². The quantitative estimate of drug-likeness (QED) is 0.489. The van der Waals surface area contributed by atoms with E-state index in [-0.39, 0.29) is 11.5 Å². The van der Waals surface area contributed by atoms with Crippen LogP contribution in [0, 0.1) is 0 Å². The Morgan fingerprint density at radius 1 is 1.05 bits per heavy atom. The summed E-state index contributed by atoms with van der Waals surface area (Å²) in [5.74, 6) is -0.371. The van der Waals surface area contributed by atoms with Gasteiger partial charge in [0.05, 0.1) is 0 Å². The predicted octanol–water partition coefficient (Wildman–Crippen LogP) is 3.81. The smallest absolute Gasteiger partial charge is 0.308 e. The van der Waals surface area contributed by atoms with Gasteiger partial charge in [-0.1, -0.05) is 36.4 Å². The fourth-order valence-corrected chi connectivity index (χ4v) is 2.29. The molecule has 0 radical (unpaired) electrons. The highest BCUT2D eigenvalue weighted by Crippen LogP contribution is 2.38. The Bertz CT molecular complexity index is 744. The molecule has 0 aliphatic rings. The molecule has 4 heteroatoms. The molecule has 0 heterocycles. The Kier molecular flexibility index (Phi) is 4.94. The van der Waals surface area contributed by atoms with Crippen molar-refractivity contribution < 1.29 is 19.1 Å². The van der Waals surface area contributed by atoms with E-state index in [9.17, 15) is 9.59 Å². The van der Waals surface area contributed by atoms with Crippen molar-refractivity contribution in [3.63, 3.8) is 0 Å². The number of rotatable bonds is 4. The average molecular weight is 298 g/mol. The van der Waals surface area contributed by atoms with Gasteiger partial charge in [-0.25, -0.2) is 0 Å². The second-order valence-electron chi connectivity index (χ2n) is 4.87. The van der Waals surface area contributed by atoms with E-state index in [4.69, 9.17) is 9.47 Å². The predicted molar refractivity (Wildman–Crippen MR) is 85.1 cm³/mol. The highest BCUT2D eigenvalue weighted by Gasteiger charge is 2.17. The SMILES string of the molecule is C/C=C/Cc1cc(OC(C)=O)c(OC(C)=O)c2ccccc12. The Morgan fingerprint density at radius 2 is 1.68 bits per heavy atom. The van der Waals surface area contributed by atoms with Crippen molar-refractivity contribution in [1.82, 2.24) is 0 Å². The molecule has 22 heavy (non-hydrogen) atoms. The Morgan fingerprint density at radius 3 is 2.27 bits per heavy atom. The third kappa shape index (κ3) is 3.52. The lowest BCUT2D eigenvalue weighted by Crippen LogP contribution is -2.08. The molecule has 0 bridgehead atoms. The molecule has 0 aromatic heterocycles. The van der Waals surface area contributed by atoms with E-state index >= 15 is 0 Å². The van der Waals surface area contributed by atoms with Crippen LogP contribution in [0.25, 0.3) is 10.8 Å². The van der Waals surface area contributed by atoms with Crippen molar-refractivity contribution in [3.05, 3.63) is 48.0 Å². The Labute approximate surface area is 129 Å². The van der Waals surface area contributed by atoms with Crippen molar-refractivity contribution >= 4 is 22.7 Å². The van der Waals surface area contributed by atoms with Crippen LogP contribution in [0.2, 0.25) is 0 Å². The number of esters is 2. The molecule has 2 aromatic rings. The van der Waals surface area contributed by atoms with Crippen LogP contribution in [0.4, 0.5) is 0 Å². The van der Waals surface area contributed by atoms with Crippen LogP contribution < -0.4 is 9.47 Å². The minimum absolute atomic E-state index is 0.265. The van der Waals surface area contributed by atoms with Gasteiger partial charge in [-0.2, -0.15) is 0 Å².